The summed E-state index contributed by atoms with van der Waals surface area (Å²) in [6.45, 7) is 2.61. The van der Waals surface area contributed by atoms with E-state index < -0.39 is 0 Å². The van der Waals surface area contributed by atoms with Gasteiger partial charge in [-0.2, -0.15) is 5.26 Å². The number of carbonyl (C=O) groups excluding carboxylic acids is 1. The summed E-state index contributed by atoms with van der Waals surface area (Å²) in [5.41, 5.74) is 1.15. The predicted octanol–water partition coefficient (Wildman–Crippen LogP) is 1.48. The van der Waals surface area contributed by atoms with E-state index in [1.165, 1.54) is 0 Å². The van der Waals surface area contributed by atoms with Crippen molar-refractivity contribution >= 4 is 23.2 Å². The number of nitrogens with zero attached hydrogens (tertiary/aromatic N) is 2. The van der Waals surface area contributed by atoms with Gasteiger partial charge in [0.15, 0.2) is 0 Å². The average Bonchev–Trinajstić information content (AvgIpc) is 2.46. The number of nitrogens with one attached hydrogen (secondary N) is 1. The Morgan fingerprint density at radius 2 is 2.21 bits per heavy atom. The van der Waals surface area contributed by atoms with Crippen molar-refractivity contribution < 1.29 is 9.53 Å². The lowest BCUT2D eigenvalue weighted by atomic mass is 10.2. The molecular formula is C13H14ClN3O2. The van der Waals surface area contributed by atoms with Crippen molar-refractivity contribution in [1.29, 1.82) is 5.26 Å². The Labute approximate surface area is 116 Å². The number of morpholine rings is 1. The molecule has 1 N–H and O–H groups in total. The molecule has 0 atom stereocenters. The van der Waals surface area contributed by atoms with Crippen LogP contribution >= 0.6 is 11.6 Å². The van der Waals surface area contributed by atoms with Gasteiger partial charge in [-0.15, -0.1) is 0 Å². The minimum absolute atomic E-state index is 0.0173. The van der Waals surface area contributed by atoms with Gasteiger partial charge in [0.25, 0.3) is 0 Å². The summed E-state index contributed by atoms with van der Waals surface area (Å²) >= 11 is 6.02. The summed E-state index contributed by atoms with van der Waals surface area (Å²) < 4.78 is 5.19. The number of hydrogen-bond acceptors (Lipinski definition) is 4. The summed E-state index contributed by atoms with van der Waals surface area (Å²) in [4.78, 5) is 13.7. The second-order valence-electron chi connectivity index (χ2n) is 4.15. The maximum Gasteiger partial charge on any atom is 0.242 e. The largest absolute Gasteiger partial charge is 0.378 e. The Balaban J connectivity index is 1.91. The van der Waals surface area contributed by atoms with Gasteiger partial charge in [0, 0.05) is 13.1 Å². The van der Waals surface area contributed by atoms with Crippen LogP contribution in [0.4, 0.5) is 5.69 Å². The molecule has 0 saturated carbocycles. The van der Waals surface area contributed by atoms with Gasteiger partial charge in [-0.25, -0.2) is 0 Å². The third-order valence-corrected chi connectivity index (χ3v) is 3.20. The number of ether oxygens (including phenoxy) is 1. The van der Waals surface area contributed by atoms with Crippen LogP contribution in [0.5, 0.6) is 0 Å². The summed E-state index contributed by atoms with van der Waals surface area (Å²) in [6.07, 6.45) is 0. The van der Waals surface area contributed by atoms with E-state index in [-0.39, 0.29) is 12.5 Å². The van der Waals surface area contributed by atoms with E-state index in [1.807, 2.05) is 6.07 Å². The van der Waals surface area contributed by atoms with Gasteiger partial charge in [0.2, 0.25) is 5.91 Å². The molecule has 0 aliphatic carbocycles. The van der Waals surface area contributed by atoms with Crippen LogP contribution < -0.4 is 5.32 Å². The highest BCUT2D eigenvalue weighted by atomic mass is 35.5. The van der Waals surface area contributed by atoms with Gasteiger partial charge in [0.1, 0.15) is 0 Å². The number of amides is 1. The fourth-order valence-corrected chi connectivity index (χ4v) is 2.07. The fourth-order valence-electron chi connectivity index (χ4n) is 1.82. The zero-order valence-electron chi connectivity index (χ0n) is 10.4. The zero-order chi connectivity index (χ0) is 13.7. The summed E-state index contributed by atoms with van der Waals surface area (Å²) in [5, 5.41) is 12.2. The molecule has 1 aliphatic heterocycles. The van der Waals surface area contributed by atoms with Crippen LogP contribution in [-0.4, -0.2) is 43.7 Å². The van der Waals surface area contributed by atoms with E-state index in [2.05, 4.69) is 5.32 Å². The molecule has 0 bridgehead atoms. The van der Waals surface area contributed by atoms with Crippen LogP contribution in [0.25, 0.3) is 0 Å². The number of halogens is 1. The Kier molecular flexibility index (Phi) is 4.61. The van der Waals surface area contributed by atoms with Gasteiger partial charge < -0.3 is 15.0 Å². The third-order valence-electron chi connectivity index (χ3n) is 2.89. The van der Waals surface area contributed by atoms with Crippen molar-refractivity contribution in [3.63, 3.8) is 0 Å². The highest BCUT2D eigenvalue weighted by molar-refractivity contribution is 6.33. The zero-order valence-corrected chi connectivity index (χ0v) is 11.1. The molecule has 1 aromatic rings. The van der Waals surface area contributed by atoms with E-state index in [1.54, 1.807) is 23.1 Å². The molecule has 1 fully saturated rings. The fraction of sp³-hybridized carbons (Fsp3) is 0.385. The molecule has 6 heteroatoms. The normalized spacial score (nSPS) is 14.8. The number of carbonyl (C=O) groups is 1. The van der Waals surface area contributed by atoms with Crippen LogP contribution in [-0.2, 0) is 9.53 Å². The highest BCUT2D eigenvalue weighted by Crippen LogP contribution is 2.22. The molecule has 100 valence electrons. The number of benzene rings is 1. The highest BCUT2D eigenvalue weighted by Gasteiger charge is 2.16. The van der Waals surface area contributed by atoms with E-state index in [9.17, 15) is 4.79 Å². The van der Waals surface area contributed by atoms with Gasteiger partial charge >= 0.3 is 0 Å². The quantitative estimate of drug-likeness (QED) is 0.910. The summed E-state index contributed by atoms with van der Waals surface area (Å²) in [5.74, 6) is 0.0173. The summed E-state index contributed by atoms with van der Waals surface area (Å²) in [7, 11) is 0. The van der Waals surface area contributed by atoms with E-state index in [4.69, 9.17) is 21.6 Å². The first-order valence-electron chi connectivity index (χ1n) is 6.00. The lowest BCUT2D eigenvalue weighted by molar-refractivity contribution is -0.133. The van der Waals surface area contributed by atoms with Crippen molar-refractivity contribution in [3.8, 4) is 6.07 Å². The molecule has 1 heterocycles. The molecular weight excluding hydrogens is 266 g/mol. The van der Waals surface area contributed by atoms with Crippen molar-refractivity contribution in [2.24, 2.45) is 0 Å². The first-order valence-corrected chi connectivity index (χ1v) is 6.37. The summed E-state index contributed by atoms with van der Waals surface area (Å²) in [6, 6.07) is 6.94. The SMILES string of the molecule is N#Cc1ccc(NCC(=O)N2CCOCC2)c(Cl)c1. The van der Waals surface area contributed by atoms with E-state index in [0.29, 0.717) is 42.6 Å². The van der Waals surface area contributed by atoms with E-state index >= 15 is 0 Å². The van der Waals surface area contributed by atoms with Gasteiger partial charge in [-0.05, 0) is 18.2 Å². The Bertz CT molecular complexity index is 507. The van der Waals surface area contributed by atoms with Crippen LogP contribution in [0, 0.1) is 11.3 Å². The van der Waals surface area contributed by atoms with Crippen molar-refractivity contribution in [3.05, 3.63) is 28.8 Å². The Hall–Kier alpha value is -1.77. The minimum atomic E-state index is 0.0173. The monoisotopic (exact) mass is 279 g/mol. The second-order valence-corrected chi connectivity index (χ2v) is 4.56. The van der Waals surface area contributed by atoms with Gasteiger partial charge in [0.05, 0.1) is 42.1 Å². The third kappa shape index (κ3) is 3.60. The number of rotatable bonds is 3. The Morgan fingerprint density at radius 3 is 2.84 bits per heavy atom. The van der Waals surface area contributed by atoms with Crippen molar-refractivity contribution in [2.75, 3.05) is 38.2 Å². The van der Waals surface area contributed by atoms with Gasteiger partial charge in [-0.3, -0.25) is 4.79 Å². The van der Waals surface area contributed by atoms with Gasteiger partial charge in [-0.1, -0.05) is 11.6 Å². The van der Waals surface area contributed by atoms with Crippen LogP contribution in [0.1, 0.15) is 5.56 Å². The predicted molar refractivity (Wildman–Crippen MR) is 72.1 cm³/mol. The van der Waals surface area contributed by atoms with E-state index in [0.717, 1.165) is 0 Å². The molecule has 1 amide bonds. The maximum absolute atomic E-state index is 11.9. The molecule has 19 heavy (non-hydrogen) atoms. The number of anilines is 1. The lowest BCUT2D eigenvalue weighted by Gasteiger charge is -2.27. The van der Waals surface area contributed by atoms with Crippen molar-refractivity contribution in [2.45, 2.75) is 0 Å². The molecule has 2 rings (SSSR count). The minimum Gasteiger partial charge on any atom is -0.378 e. The smallest absolute Gasteiger partial charge is 0.242 e. The molecule has 0 radical (unpaired) electrons. The molecule has 1 aromatic carbocycles. The first kappa shape index (κ1) is 13.7. The maximum atomic E-state index is 11.9. The molecule has 0 unspecified atom stereocenters. The van der Waals surface area contributed by atoms with Crippen LogP contribution in [0.2, 0.25) is 5.02 Å². The molecule has 0 spiro atoms. The topological polar surface area (TPSA) is 65.4 Å². The molecule has 1 saturated heterocycles. The van der Waals surface area contributed by atoms with Crippen LogP contribution in [0.3, 0.4) is 0 Å². The van der Waals surface area contributed by atoms with Crippen LogP contribution in [0.15, 0.2) is 18.2 Å². The Morgan fingerprint density at radius 1 is 1.47 bits per heavy atom. The molecule has 1 aliphatic rings. The first-order chi connectivity index (χ1) is 9.20. The average molecular weight is 280 g/mol. The number of hydrogen-bond donors (Lipinski definition) is 1. The molecule has 5 nitrogen and oxygen atoms in total. The standard InChI is InChI=1S/C13H14ClN3O2/c14-11-7-10(8-15)1-2-12(11)16-9-13(18)17-3-5-19-6-4-17/h1-2,7,16H,3-6,9H2. The lowest BCUT2D eigenvalue weighted by Crippen LogP contribution is -2.43. The second kappa shape index (κ2) is 6.41. The van der Waals surface area contributed by atoms with Crippen molar-refractivity contribution in [1.82, 2.24) is 4.90 Å². The molecule has 0 aromatic heterocycles. The number of nitriles is 1.